The molecule has 3 fully saturated rings. The number of benzene rings is 1. The van der Waals surface area contributed by atoms with Crippen molar-refractivity contribution in [2.45, 2.75) is 69.6 Å². The van der Waals surface area contributed by atoms with E-state index in [9.17, 15) is 27.4 Å². The lowest BCUT2D eigenvalue weighted by atomic mass is 9.89. The third-order valence-electron chi connectivity index (χ3n) is 9.48. The zero-order chi connectivity index (χ0) is 33.9. The molecule has 5 heterocycles. The fourth-order valence-electron chi connectivity index (χ4n) is 6.89. The second-order valence-corrected chi connectivity index (χ2v) is 14.5. The molecule has 3 aliphatic rings. The first-order chi connectivity index (χ1) is 23.1. The summed E-state index contributed by atoms with van der Waals surface area (Å²) >= 11 is 6.80. The van der Waals surface area contributed by atoms with Crippen molar-refractivity contribution in [2.75, 3.05) is 43.8 Å². The zero-order valence-electron chi connectivity index (χ0n) is 26.6. The molecule has 1 aromatic carbocycles. The van der Waals surface area contributed by atoms with Crippen LogP contribution in [0, 0.1) is 0 Å². The number of fused-ring (bicyclic) bond motifs is 1. The van der Waals surface area contributed by atoms with Crippen molar-refractivity contribution in [3.8, 4) is 5.75 Å². The molecule has 2 atom stereocenters. The van der Waals surface area contributed by atoms with E-state index in [1.54, 1.807) is 13.1 Å². The van der Waals surface area contributed by atoms with E-state index < -0.39 is 29.5 Å². The Balaban J connectivity index is 0.952. The Kier molecular flexibility index (Phi) is 10.7. The molecule has 0 radical (unpaired) electrons. The van der Waals surface area contributed by atoms with Crippen molar-refractivity contribution < 1.29 is 27.3 Å². The Labute approximate surface area is 283 Å². The molecule has 0 bridgehead atoms. The van der Waals surface area contributed by atoms with Gasteiger partial charge in [0, 0.05) is 43.4 Å². The van der Waals surface area contributed by atoms with Gasteiger partial charge in [-0.1, -0.05) is 11.6 Å². The second-order valence-electron chi connectivity index (χ2n) is 12.5. The van der Waals surface area contributed by atoms with Crippen LogP contribution in [-0.4, -0.2) is 95.5 Å². The molecule has 6 rings (SSSR count). The van der Waals surface area contributed by atoms with Gasteiger partial charge in [0.15, 0.2) is 5.75 Å². The number of rotatable bonds is 11. The van der Waals surface area contributed by atoms with Gasteiger partial charge in [-0.2, -0.15) is 8.78 Å². The Hall–Kier alpha value is -3.47. The number of nitrogens with one attached hydrogen (secondary N) is 2. The number of likely N-dealkylation sites (tertiary alicyclic amines) is 1. The third-order valence-corrected chi connectivity index (χ3v) is 11.4. The van der Waals surface area contributed by atoms with Crippen molar-refractivity contribution in [1.82, 2.24) is 33.6 Å². The molecule has 13 nitrogen and oxygen atoms in total. The van der Waals surface area contributed by atoms with Crippen LogP contribution in [0.1, 0.15) is 62.5 Å². The average Bonchev–Trinajstić information content (AvgIpc) is 3.30. The number of imidazole rings is 1. The smallest absolute Gasteiger partial charge is 0.387 e. The molecular formula is C31H39ClF2N8O5S. The summed E-state index contributed by atoms with van der Waals surface area (Å²) in [7, 11) is 0.613. The molecule has 3 aliphatic heterocycles. The van der Waals surface area contributed by atoms with Crippen LogP contribution < -0.4 is 21.1 Å². The van der Waals surface area contributed by atoms with Gasteiger partial charge in [-0.3, -0.25) is 24.0 Å². The number of carbonyl (C=O) groups excluding carboxylic acids is 2. The predicted molar refractivity (Wildman–Crippen MR) is 177 cm³/mol. The number of aryl methyl sites for hydroxylation is 1. The van der Waals surface area contributed by atoms with Crippen LogP contribution in [-0.2, 0) is 27.6 Å². The van der Waals surface area contributed by atoms with Gasteiger partial charge < -0.3 is 15.0 Å². The third kappa shape index (κ3) is 7.71. The SMILES string of the molecule is Cn1c(=O)n(C2CCC(=O)NC2=O)c2cc(Cl)c(C3CCN(CCCS(=O)N4CCC(Nc5ncc(OC(F)F)cn5)CC4)CC3)cc21. The molecule has 2 aromatic heterocycles. The number of ether oxygens (including phenoxy) is 1. The van der Waals surface area contributed by atoms with E-state index in [0.717, 1.165) is 57.3 Å². The van der Waals surface area contributed by atoms with Crippen LogP contribution in [0.4, 0.5) is 14.7 Å². The van der Waals surface area contributed by atoms with Crippen LogP contribution in [0.15, 0.2) is 29.3 Å². The molecule has 260 valence electrons. The Morgan fingerprint density at radius 1 is 1.04 bits per heavy atom. The van der Waals surface area contributed by atoms with E-state index in [0.29, 0.717) is 40.8 Å². The molecule has 17 heteroatoms. The fourth-order valence-corrected chi connectivity index (χ4v) is 8.45. The maximum Gasteiger partial charge on any atom is 0.387 e. The van der Waals surface area contributed by atoms with Crippen molar-refractivity contribution in [3.63, 3.8) is 0 Å². The lowest BCUT2D eigenvalue weighted by Gasteiger charge is -2.33. The summed E-state index contributed by atoms with van der Waals surface area (Å²) < 4.78 is 46.9. The number of alkyl halides is 2. The number of hydrogen-bond donors (Lipinski definition) is 2. The number of anilines is 1. The lowest BCUT2D eigenvalue weighted by molar-refractivity contribution is -0.135. The topological polar surface area (TPSA) is 144 Å². The van der Waals surface area contributed by atoms with Crippen molar-refractivity contribution in [3.05, 3.63) is 45.6 Å². The number of carbonyl (C=O) groups is 2. The molecule has 0 spiro atoms. The number of hydrogen-bond acceptors (Lipinski definition) is 9. The van der Waals surface area contributed by atoms with Crippen LogP contribution >= 0.6 is 11.6 Å². The number of aromatic nitrogens is 4. The van der Waals surface area contributed by atoms with Crippen molar-refractivity contribution in [1.29, 1.82) is 0 Å². The van der Waals surface area contributed by atoms with E-state index >= 15 is 0 Å². The van der Waals surface area contributed by atoms with Crippen molar-refractivity contribution >= 4 is 51.4 Å². The predicted octanol–water partition coefficient (Wildman–Crippen LogP) is 3.17. The van der Waals surface area contributed by atoms with Gasteiger partial charge in [-0.05, 0) is 81.8 Å². The minimum atomic E-state index is -2.92. The normalized spacial score (nSPS) is 21.1. The van der Waals surface area contributed by atoms with E-state index in [1.165, 1.54) is 21.5 Å². The first kappa shape index (κ1) is 34.4. The van der Waals surface area contributed by atoms with Crippen LogP contribution in [0.3, 0.4) is 0 Å². The summed E-state index contributed by atoms with van der Waals surface area (Å²) in [6, 6.07) is 3.09. The molecular weight excluding hydrogens is 670 g/mol. The number of nitrogens with zero attached hydrogens (tertiary/aromatic N) is 6. The van der Waals surface area contributed by atoms with E-state index in [1.807, 2.05) is 10.4 Å². The summed E-state index contributed by atoms with van der Waals surface area (Å²) in [5, 5.41) is 6.11. The van der Waals surface area contributed by atoms with Crippen molar-refractivity contribution in [2.24, 2.45) is 7.05 Å². The molecule has 2 amide bonds. The molecule has 0 aliphatic carbocycles. The molecule has 3 aromatic rings. The van der Waals surface area contributed by atoms with Gasteiger partial charge in [-0.25, -0.2) is 23.3 Å². The molecule has 2 N–H and O–H groups in total. The largest absolute Gasteiger partial charge is 0.432 e. The minimum absolute atomic E-state index is 0.0954. The highest BCUT2D eigenvalue weighted by Gasteiger charge is 2.32. The van der Waals surface area contributed by atoms with Gasteiger partial charge in [0.25, 0.3) is 0 Å². The van der Waals surface area contributed by atoms with E-state index in [-0.39, 0.29) is 42.1 Å². The maximum absolute atomic E-state index is 13.2. The maximum atomic E-state index is 13.2. The monoisotopic (exact) mass is 708 g/mol. The molecule has 48 heavy (non-hydrogen) atoms. The van der Waals surface area contributed by atoms with E-state index in [4.69, 9.17) is 11.6 Å². The number of piperidine rings is 3. The summed E-state index contributed by atoms with van der Waals surface area (Å²) in [4.78, 5) is 47.8. The van der Waals surface area contributed by atoms with E-state index in [2.05, 4.69) is 30.2 Å². The van der Waals surface area contributed by atoms with Gasteiger partial charge in [0.2, 0.25) is 17.8 Å². The summed E-state index contributed by atoms with van der Waals surface area (Å²) in [5.74, 6) is 0.260. The summed E-state index contributed by atoms with van der Waals surface area (Å²) in [5.41, 5.74) is 1.96. The molecule has 3 saturated heterocycles. The summed E-state index contributed by atoms with van der Waals surface area (Å²) in [6.45, 7) is 1.06. The number of halogens is 3. The molecule has 2 unspecified atom stereocenters. The van der Waals surface area contributed by atoms with Crippen LogP contribution in [0.5, 0.6) is 5.75 Å². The highest BCUT2D eigenvalue weighted by molar-refractivity contribution is 7.82. The Morgan fingerprint density at radius 3 is 2.42 bits per heavy atom. The van der Waals surface area contributed by atoms with Crippen LogP contribution in [0.25, 0.3) is 11.0 Å². The first-order valence-electron chi connectivity index (χ1n) is 16.2. The first-order valence-corrected chi connectivity index (χ1v) is 17.9. The standard InChI is InChI=1S/C31H39ClF2N8O5S/c1-39-25-15-22(23(32)16-26(25)42(31(39)45)24-3-4-27(43)38-28(24)44)19-5-10-40(11-6-19)9-2-14-48(46)41-12-7-20(8-13-41)37-30-35-17-21(18-36-30)47-29(33)34/h15-20,24,29H,2-14H2,1H3,(H,35,36,37)(H,38,43,44). The fraction of sp³-hybridized carbons (Fsp3) is 0.581. The van der Waals surface area contributed by atoms with Gasteiger partial charge in [0.1, 0.15) is 6.04 Å². The summed E-state index contributed by atoms with van der Waals surface area (Å²) in [6.07, 6.45) is 7.02. The van der Waals surface area contributed by atoms with Gasteiger partial charge >= 0.3 is 12.3 Å². The van der Waals surface area contributed by atoms with Crippen LogP contribution in [0.2, 0.25) is 5.02 Å². The quantitative estimate of drug-likeness (QED) is 0.287. The van der Waals surface area contributed by atoms with Gasteiger partial charge in [-0.15, -0.1) is 0 Å². The minimum Gasteiger partial charge on any atom is -0.432 e. The number of imide groups is 1. The van der Waals surface area contributed by atoms with Gasteiger partial charge in [0.05, 0.1) is 34.4 Å². The highest BCUT2D eigenvalue weighted by Crippen LogP contribution is 2.36. The lowest BCUT2D eigenvalue weighted by Crippen LogP contribution is -2.44. The Morgan fingerprint density at radius 2 is 1.75 bits per heavy atom. The number of amides is 2. The molecule has 0 saturated carbocycles. The Bertz CT molecular complexity index is 1720. The average molecular weight is 709 g/mol. The zero-order valence-corrected chi connectivity index (χ0v) is 28.2. The highest BCUT2D eigenvalue weighted by atomic mass is 35.5. The second kappa shape index (κ2) is 15.0.